The van der Waals surface area contributed by atoms with E-state index in [0.29, 0.717) is 26.4 Å². The van der Waals surface area contributed by atoms with Crippen molar-refractivity contribution >= 4 is 17.7 Å². The van der Waals surface area contributed by atoms with E-state index in [1.165, 1.54) is 5.56 Å². The third-order valence-electron chi connectivity index (χ3n) is 3.83. The number of guanidine groups is 1. The van der Waals surface area contributed by atoms with Gasteiger partial charge >= 0.3 is 0 Å². The Morgan fingerprint density at radius 3 is 2.54 bits per heavy atom. The molecule has 0 aliphatic heterocycles. The molecule has 26 heavy (non-hydrogen) atoms. The molecule has 1 rings (SSSR count). The highest BCUT2D eigenvalue weighted by Crippen LogP contribution is 2.19. The van der Waals surface area contributed by atoms with Crippen molar-refractivity contribution in [2.45, 2.75) is 45.6 Å². The first-order valence-electron chi connectivity index (χ1n) is 9.31. The first-order chi connectivity index (χ1) is 12.5. The minimum Gasteiger partial charge on any atom is -0.379 e. The third kappa shape index (κ3) is 10.0. The molecular weight excluding hydrogens is 346 g/mol. The smallest absolute Gasteiger partial charge is 0.191 e. The van der Waals surface area contributed by atoms with Crippen molar-refractivity contribution in [1.82, 2.24) is 10.6 Å². The van der Waals surface area contributed by atoms with E-state index in [1.54, 1.807) is 0 Å². The number of thioether (sulfide) groups is 1. The highest BCUT2D eigenvalue weighted by molar-refractivity contribution is 7.99. The SMILES string of the molecule is CCNC(=NCc1cccc(COCCOCC)c1)NCC(C)(C)SC. The predicted octanol–water partition coefficient (Wildman–Crippen LogP) is 3.44. The summed E-state index contributed by atoms with van der Waals surface area (Å²) in [7, 11) is 0. The van der Waals surface area contributed by atoms with Crippen molar-refractivity contribution in [3.05, 3.63) is 35.4 Å². The third-order valence-corrected chi connectivity index (χ3v) is 5.08. The van der Waals surface area contributed by atoms with Crippen molar-refractivity contribution in [2.75, 3.05) is 39.2 Å². The average Bonchev–Trinajstić information content (AvgIpc) is 2.64. The molecule has 0 saturated carbocycles. The van der Waals surface area contributed by atoms with Gasteiger partial charge in [0.25, 0.3) is 0 Å². The zero-order chi connectivity index (χ0) is 19.3. The van der Waals surface area contributed by atoms with Crippen LogP contribution < -0.4 is 10.6 Å². The Bertz CT molecular complexity index is 536. The fourth-order valence-corrected chi connectivity index (χ4v) is 2.37. The van der Waals surface area contributed by atoms with Crippen molar-refractivity contribution in [2.24, 2.45) is 4.99 Å². The number of hydrogen-bond acceptors (Lipinski definition) is 4. The van der Waals surface area contributed by atoms with Crippen molar-refractivity contribution in [3.8, 4) is 0 Å². The van der Waals surface area contributed by atoms with Gasteiger partial charge in [0.15, 0.2) is 5.96 Å². The number of rotatable bonds is 12. The van der Waals surface area contributed by atoms with Gasteiger partial charge in [-0.15, -0.1) is 0 Å². The lowest BCUT2D eigenvalue weighted by molar-refractivity contribution is 0.0453. The van der Waals surface area contributed by atoms with Gasteiger partial charge in [-0.25, -0.2) is 4.99 Å². The summed E-state index contributed by atoms with van der Waals surface area (Å²) < 4.78 is 11.1. The van der Waals surface area contributed by atoms with Gasteiger partial charge in [-0.2, -0.15) is 11.8 Å². The first-order valence-corrected chi connectivity index (χ1v) is 10.5. The molecule has 0 unspecified atom stereocenters. The van der Waals surface area contributed by atoms with E-state index in [-0.39, 0.29) is 4.75 Å². The predicted molar refractivity (Wildman–Crippen MR) is 113 cm³/mol. The van der Waals surface area contributed by atoms with Crippen LogP contribution in [0.2, 0.25) is 0 Å². The summed E-state index contributed by atoms with van der Waals surface area (Å²) in [6, 6.07) is 8.39. The molecule has 0 heterocycles. The van der Waals surface area contributed by atoms with E-state index in [4.69, 9.17) is 14.5 Å². The first kappa shape index (κ1) is 22.8. The Kier molecular flexibility index (Phi) is 11.4. The number of ether oxygens (including phenoxy) is 2. The number of nitrogens with zero attached hydrogens (tertiary/aromatic N) is 1. The molecule has 0 aliphatic carbocycles. The highest BCUT2D eigenvalue weighted by Gasteiger charge is 2.16. The Hall–Kier alpha value is -1.24. The number of aliphatic imine (C=N–C) groups is 1. The monoisotopic (exact) mass is 381 g/mol. The fraction of sp³-hybridized carbons (Fsp3) is 0.650. The molecule has 0 bridgehead atoms. The zero-order valence-electron chi connectivity index (χ0n) is 16.9. The summed E-state index contributed by atoms with van der Waals surface area (Å²) in [5, 5.41) is 6.74. The van der Waals surface area contributed by atoms with Gasteiger partial charge in [-0.1, -0.05) is 24.3 Å². The largest absolute Gasteiger partial charge is 0.379 e. The van der Waals surface area contributed by atoms with E-state index in [0.717, 1.165) is 31.2 Å². The van der Waals surface area contributed by atoms with Crippen LogP contribution in [0.3, 0.4) is 0 Å². The summed E-state index contributed by atoms with van der Waals surface area (Å²) in [5.41, 5.74) is 2.34. The maximum atomic E-state index is 5.64. The molecule has 0 saturated heterocycles. The Morgan fingerprint density at radius 1 is 1.12 bits per heavy atom. The van der Waals surface area contributed by atoms with Crippen LogP contribution in [0.1, 0.15) is 38.8 Å². The van der Waals surface area contributed by atoms with Gasteiger partial charge in [0, 0.05) is 24.4 Å². The van der Waals surface area contributed by atoms with Crippen LogP contribution >= 0.6 is 11.8 Å². The number of hydrogen-bond donors (Lipinski definition) is 2. The van der Waals surface area contributed by atoms with Crippen LogP contribution in [0.15, 0.2) is 29.3 Å². The lowest BCUT2D eigenvalue weighted by atomic mass is 10.1. The topological polar surface area (TPSA) is 54.9 Å². The zero-order valence-corrected chi connectivity index (χ0v) is 17.7. The lowest BCUT2D eigenvalue weighted by Crippen LogP contribution is -2.43. The van der Waals surface area contributed by atoms with Gasteiger partial charge < -0.3 is 20.1 Å². The van der Waals surface area contributed by atoms with E-state index < -0.39 is 0 Å². The molecule has 0 atom stereocenters. The molecule has 1 aromatic carbocycles. The van der Waals surface area contributed by atoms with Gasteiger partial charge in [0.2, 0.25) is 0 Å². The van der Waals surface area contributed by atoms with Gasteiger partial charge in [0.1, 0.15) is 0 Å². The molecule has 5 nitrogen and oxygen atoms in total. The van der Waals surface area contributed by atoms with Crippen LogP contribution in [-0.4, -0.2) is 49.9 Å². The summed E-state index contributed by atoms with van der Waals surface area (Å²) >= 11 is 1.85. The molecule has 148 valence electrons. The average molecular weight is 382 g/mol. The van der Waals surface area contributed by atoms with Gasteiger partial charge in [-0.3, -0.25) is 0 Å². The van der Waals surface area contributed by atoms with E-state index >= 15 is 0 Å². The summed E-state index contributed by atoms with van der Waals surface area (Å²) in [5.74, 6) is 0.855. The molecule has 1 aromatic rings. The molecule has 6 heteroatoms. The minimum atomic E-state index is 0.176. The van der Waals surface area contributed by atoms with Crippen LogP contribution in [0.25, 0.3) is 0 Å². The number of nitrogens with one attached hydrogen (secondary N) is 2. The fourth-order valence-electron chi connectivity index (χ4n) is 2.15. The van der Waals surface area contributed by atoms with Crippen LogP contribution in [0, 0.1) is 0 Å². The molecule has 0 fully saturated rings. The molecule has 0 aromatic heterocycles. The van der Waals surface area contributed by atoms with Crippen LogP contribution in [0.5, 0.6) is 0 Å². The van der Waals surface area contributed by atoms with Gasteiger partial charge in [0.05, 0.1) is 26.4 Å². The van der Waals surface area contributed by atoms with Crippen LogP contribution in [0.4, 0.5) is 0 Å². The summed E-state index contributed by atoms with van der Waals surface area (Å²) in [4.78, 5) is 4.71. The molecule has 2 N–H and O–H groups in total. The number of benzene rings is 1. The second-order valence-electron chi connectivity index (χ2n) is 6.58. The molecule has 0 aliphatic rings. The Labute approximate surface area is 163 Å². The molecule has 0 amide bonds. The molecular formula is C20H35N3O2S. The van der Waals surface area contributed by atoms with Crippen molar-refractivity contribution < 1.29 is 9.47 Å². The van der Waals surface area contributed by atoms with E-state index in [1.807, 2.05) is 18.7 Å². The standard InChI is InChI=1S/C20H35N3O2S/c1-6-21-19(23-16-20(3,4)26-5)22-14-17-9-8-10-18(13-17)15-25-12-11-24-7-2/h8-10,13H,6-7,11-12,14-16H2,1-5H3,(H2,21,22,23). The van der Waals surface area contributed by atoms with E-state index in [2.05, 4.69) is 61.9 Å². The molecule has 0 spiro atoms. The Balaban J connectivity index is 2.55. The highest BCUT2D eigenvalue weighted by atomic mass is 32.2. The minimum absolute atomic E-state index is 0.176. The maximum absolute atomic E-state index is 5.64. The quantitative estimate of drug-likeness (QED) is 0.330. The summed E-state index contributed by atoms with van der Waals surface area (Å²) in [6.07, 6.45) is 2.13. The van der Waals surface area contributed by atoms with Gasteiger partial charge in [-0.05, 0) is 45.1 Å². The van der Waals surface area contributed by atoms with Crippen molar-refractivity contribution in [3.63, 3.8) is 0 Å². The van der Waals surface area contributed by atoms with E-state index in [9.17, 15) is 0 Å². The van der Waals surface area contributed by atoms with Crippen molar-refractivity contribution in [1.29, 1.82) is 0 Å². The summed E-state index contributed by atoms with van der Waals surface area (Å²) in [6.45, 7) is 13.5. The second-order valence-corrected chi connectivity index (χ2v) is 8.10. The second kappa shape index (κ2) is 13.0. The maximum Gasteiger partial charge on any atom is 0.191 e. The molecule has 0 radical (unpaired) electrons. The lowest BCUT2D eigenvalue weighted by Gasteiger charge is -2.23. The van der Waals surface area contributed by atoms with Crippen LogP contribution in [-0.2, 0) is 22.6 Å². The normalized spacial score (nSPS) is 12.3. The Morgan fingerprint density at radius 2 is 1.85 bits per heavy atom.